The maximum atomic E-state index is 5.97. The Kier molecular flexibility index (Phi) is 3.74. The summed E-state index contributed by atoms with van der Waals surface area (Å²) >= 11 is 4.04. The third-order valence-corrected chi connectivity index (χ3v) is 3.79. The van der Waals surface area contributed by atoms with Crippen molar-refractivity contribution in [2.75, 3.05) is 0 Å². The van der Waals surface area contributed by atoms with E-state index in [2.05, 4.69) is 54.0 Å². The van der Waals surface area contributed by atoms with Crippen molar-refractivity contribution < 1.29 is 0 Å². The maximum absolute atomic E-state index is 5.97. The van der Waals surface area contributed by atoms with E-state index in [1.54, 1.807) is 11.3 Å². The van der Waals surface area contributed by atoms with Crippen molar-refractivity contribution in [3.05, 3.63) is 31.5 Å². The molecule has 0 aliphatic carbocycles. The van der Waals surface area contributed by atoms with Crippen LogP contribution in [0.25, 0.3) is 0 Å². The molecule has 2 N–H and O–H groups in total. The molecule has 1 nitrogen and oxygen atoms in total. The molecule has 1 rings (SSSR count). The second-order valence-electron chi connectivity index (χ2n) is 2.90. The topological polar surface area (TPSA) is 26.0 Å². The minimum absolute atomic E-state index is 0.0712. The molecule has 0 radical (unpaired) electrons. The van der Waals surface area contributed by atoms with Gasteiger partial charge in [0.2, 0.25) is 0 Å². The van der Waals surface area contributed by atoms with Crippen molar-refractivity contribution in [3.63, 3.8) is 0 Å². The first-order valence-electron chi connectivity index (χ1n) is 3.74. The predicted molar refractivity (Wildman–Crippen MR) is 63.4 cm³/mol. The Morgan fingerprint density at radius 2 is 2.33 bits per heavy atom. The van der Waals surface area contributed by atoms with Gasteiger partial charge >= 0.3 is 0 Å². The first-order valence-corrected chi connectivity index (χ1v) is 5.70. The molecule has 3 heteroatoms. The van der Waals surface area contributed by atoms with Gasteiger partial charge in [0.15, 0.2) is 0 Å². The molecule has 0 amide bonds. The quantitative estimate of drug-likeness (QED) is 0.657. The van der Waals surface area contributed by atoms with E-state index in [-0.39, 0.29) is 6.04 Å². The Labute approximate surface area is 90.8 Å². The lowest BCUT2D eigenvalue weighted by Crippen LogP contribution is -2.06. The van der Waals surface area contributed by atoms with Crippen LogP contribution in [0.1, 0.15) is 24.8 Å². The zero-order valence-electron chi connectivity index (χ0n) is 7.17. The van der Waals surface area contributed by atoms with E-state index >= 15 is 0 Å². The highest BCUT2D eigenvalue weighted by atomic mass is 127. The Balaban J connectivity index is 2.85. The zero-order chi connectivity index (χ0) is 9.14. The number of hydrogen-bond donors (Lipinski definition) is 1. The van der Waals surface area contributed by atoms with Gasteiger partial charge in [0.25, 0.3) is 0 Å². The van der Waals surface area contributed by atoms with E-state index in [1.807, 2.05) is 0 Å². The van der Waals surface area contributed by atoms with E-state index in [1.165, 1.54) is 14.0 Å². The number of halogens is 1. The van der Waals surface area contributed by atoms with Gasteiger partial charge in [-0.2, -0.15) is 0 Å². The van der Waals surface area contributed by atoms with Gasteiger partial charge < -0.3 is 5.73 Å². The molecule has 0 bridgehead atoms. The zero-order valence-corrected chi connectivity index (χ0v) is 10.1. The molecule has 1 aromatic rings. The summed E-state index contributed by atoms with van der Waals surface area (Å²) in [6.07, 6.45) is 2.09. The van der Waals surface area contributed by atoms with Crippen LogP contribution in [0, 0.1) is 3.57 Å². The van der Waals surface area contributed by atoms with Crippen molar-refractivity contribution in [2.24, 2.45) is 5.73 Å². The molecule has 0 fully saturated rings. The lowest BCUT2D eigenvalue weighted by atomic mass is 10.2. The van der Waals surface area contributed by atoms with Crippen molar-refractivity contribution in [1.29, 1.82) is 0 Å². The standard InChI is InChI=1S/C9H12INS/c1-6(2)5-8(11)9-7(10)3-4-12-9/h3-5,8H,11H2,1-2H3. The molecular weight excluding hydrogens is 281 g/mol. The Morgan fingerprint density at radius 1 is 1.67 bits per heavy atom. The van der Waals surface area contributed by atoms with Gasteiger partial charge in [0.1, 0.15) is 0 Å². The largest absolute Gasteiger partial charge is 0.320 e. The summed E-state index contributed by atoms with van der Waals surface area (Å²) in [5.74, 6) is 0. The minimum Gasteiger partial charge on any atom is -0.320 e. The second-order valence-corrected chi connectivity index (χ2v) is 5.01. The van der Waals surface area contributed by atoms with Gasteiger partial charge in [-0.15, -0.1) is 11.3 Å². The lowest BCUT2D eigenvalue weighted by molar-refractivity contribution is 0.917. The van der Waals surface area contributed by atoms with Crippen LogP contribution >= 0.6 is 33.9 Å². The van der Waals surface area contributed by atoms with Crippen molar-refractivity contribution in [3.8, 4) is 0 Å². The highest BCUT2D eigenvalue weighted by molar-refractivity contribution is 14.1. The van der Waals surface area contributed by atoms with Crippen LogP contribution in [-0.4, -0.2) is 0 Å². The highest BCUT2D eigenvalue weighted by Gasteiger charge is 2.07. The van der Waals surface area contributed by atoms with Crippen LogP contribution in [0.3, 0.4) is 0 Å². The van der Waals surface area contributed by atoms with E-state index in [4.69, 9.17) is 5.73 Å². The van der Waals surface area contributed by atoms with E-state index in [0.717, 1.165) is 0 Å². The van der Waals surface area contributed by atoms with Gasteiger partial charge in [-0.25, -0.2) is 0 Å². The lowest BCUT2D eigenvalue weighted by Gasteiger charge is -2.05. The molecule has 0 spiro atoms. The molecular formula is C9H12INS. The monoisotopic (exact) mass is 293 g/mol. The number of nitrogens with two attached hydrogens (primary N) is 1. The van der Waals surface area contributed by atoms with E-state index in [9.17, 15) is 0 Å². The smallest absolute Gasteiger partial charge is 0.0588 e. The SMILES string of the molecule is CC(C)=CC(N)c1sccc1I. The number of thiophene rings is 1. The van der Waals surface area contributed by atoms with Crippen LogP contribution < -0.4 is 5.73 Å². The fourth-order valence-electron chi connectivity index (χ4n) is 0.978. The van der Waals surface area contributed by atoms with Gasteiger partial charge in [0, 0.05) is 8.45 Å². The fraction of sp³-hybridized carbons (Fsp3) is 0.333. The van der Waals surface area contributed by atoms with Crippen molar-refractivity contribution in [2.45, 2.75) is 19.9 Å². The minimum atomic E-state index is 0.0712. The molecule has 1 atom stereocenters. The predicted octanol–water partition coefficient (Wildman–Crippen LogP) is 3.32. The molecule has 0 aliphatic heterocycles. The van der Waals surface area contributed by atoms with Crippen molar-refractivity contribution in [1.82, 2.24) is 0 Å². The molecule has 0 saturated heterocycles. The molecule has 12 heavy (non-hydrogen) atoms. The van der Waals surface area contributed by atoms with Gasteiger partial charge in [-0.3, -0.25) is 0 Å². The molecule has 66 valence electrons. The first kappa shape index (κ1) is 10.2. The molecule has 0 aromatic carbocycles. The van der Waals surface area contributed by atoms with Crippen LogP contribution in [0.4, 0.5) is 0 Å². The van der Waals surface area contributed by atoms with Gasteiger partial charge in [-0.05, 0) is 47.9 Å². The normalized spacial score (nSPS) is 12.7. The van der Waals surface area contributed by atoms with E-state index in [0.29, 0.717) is 0 Å². The third kappa shape index (κ3) is 2.57. The summed E-state index contributed by atoms with van der Waals surface area (Å²) < 4.78 is 1.27. The number of allylic oxidation sites excluding steroid dienone is 1. The van der Waals surface area contributed by atoms with E-state index < -0.39 is 0 Å². The number of hydrogen-bond acceptors (Lipinski definition) is 2. The summed E-state index contributed by atoms with van der Waals surface area (Å²) in [6, 6.07) is 2.17. The summed E-state index contributed by atoms with van der Waals surface area (Å²) in [6.45, 7) is 4.14. The van der Waals surface area contributed by atoms with Crippen molar-refractivity contribution >= 4 is 33.9 Å². The Bertz CT molecular complexity index is 286. The summed E-state index contributed by atoms with van der Waals surface area (Å²) in [5.41, 5.74) is 7.24. The first-order chi connectivity index (χ1) is 5.61. The van der Waals surface area contributed by atoms with Crippen LogP contribution in [0.5, 0.6) is 0 Å². The van der Waals surface area contributed by atoms with Gasteiger partial charge in [0.05, 0.1) is 6.04 Å². The summed E-state index contributed by atoms with van der Waals surface area (Å²) in [5, 5.41) is 2.08. The summed E-state index contributed by atoms with van der Waals surface area (Å²) in [4.78, 5) is 1.26. The Hall–Kier alpha value is 0.130. The Morgan fingerprint density at radius 3 is 2.75 bits per heavy atom. The maximum Gasteiger partial charge on any atom is 0.0588 e. The number of rotatable bonds is 2. The van der Waals surface area contributed by atoms with Crippen LogP contribution in [0.15, 0.2) is 23.1 Å². The fourth-order valence-corrected chi connectivity index (χ4v) is 2.90. The van der Waals surface area contributed by atoms with Crippen LogP contribution in [0.2, 0.25) is 0 Å². The molecule has 0 saturated carbocycles. The molecule has 1 aromatic heterocycles. The summed E-state index contributed by atoms with van der Waals surface area (Å²) in [7, 11) is 0. The average molecular weight is 293 g/mol. The molecule has 1 unspecified atom stereocenters. The van der Waals surface area contributed by atoms with Gasteiger partial charge in [-0.1, -0.05) is 11.6 Å². The van der Waals surface area contributed by atoms with Crippen LogP contribution in [-0.2, 0) is 0 Å². The average Bonchev–Trinajstić information content (AvgIpc) is 2.33. The third-order valence-electron chi connectivity index (χ3n) is 1.46. The molecule has 0 aliphatic rings. The second kappa shape index (κ2) is 4.39. The molecule has 1 heterocycles. The highest BCUT2D eigenvalue weighted by Crippen LogP contribution is 2.25.